The third kappa shape index (κ3) is 3.37. The van der Waals surface area contributed by atoms with Crippen LogP contribution >= 0.6 is 0 Å². The zero-order chi connectivity index (χ0) is 18.3. The van der Waals surface area contributed by atoms with E-state index in [1.165, 1.54) is 77.0 Å². The van der Waals surface area contributed by atoms with Crippen LogP contribution in [-0.2, 0) is 4.74 Å². The van der Waals surface area contributed by atoms with Gasteiger partial charge in [-0.15, -0.1) is 0 Å². The molecule has 27 heavy (non-hydrogen) atoms. The van der Waals surface area contributed by atoms with Crippen LogP contribution in [0.2, 0.25) is 0 Å². The SMILES string of the molecule is C[C@@H](C(COCC1CCCC1)C1=CC2C=CC1C2)C1(C2CCC2)CCCC1. The first-order valence-corrected chi connectivity index (χ1v) is 12.2. The van der Waals surface area contributed by atoms with Gasteiger partial charge < -0.3 is 4.74 Å². The monoisotopic (exact) mass is 368 g/mol. The van der Waals surface area contributed by atoms with Crippen LogP contribution in [0.3, 0.4) is 0 Å². The topological polar surface area (TPSA) is 9.23 Å². The van der Waals surface area contributed by atoms with Crippen molar-refractivity contribution in [2.24, 2.45) is 40.9 Å². The maximum atomic E-state index is 6.49. The maximum Gasteiger partial charge on any atom is 0.0534 e. The van der Waals surface area contributed by atoms with Crippen molar-refractivity contribution in [2.75, 3.05) is 13.2 Å². The van der Waals surface area contributed by atoms with Gasteiger partial charge in [0.1, 0.15) is 0 Å². The molecule has 3 fully saturated rings. The zero-order valence-corrected chi connectivity index (χ0v) is 17.5. The molecular formula is C26H40O. The van der Waals surface area contributed by atoms with Gasteiger partial charge in [0.2, 0.25) is 0 Å². The average Bonchev–Trinajstić information content (AvgIpc) is 3.41. The fourth-order valence-corrected chi connectivity index (χ4v) is 7.59. The second-order valence-corrected chi connectivity index (χ2v) is 10.7. The lowest BCUT2D eigenvalue weighted by Gasteiger charge is -2.50. The summed E-state index contributed by atoms with van der Waals surface area (Å²) in [7, 11) is 0. The first-order chi connectivity index (χ1) is 13.3. The van der Waals surface area contributed by atoms with Gasteiger partial charge in [-0.25, -0.2) is 0 Å². The maximum absolute atomic E-state index is 6.49. The summed E-state index contributed by atoms with van der Waals surface area (Å²) in [6, 6.07) is 0. The van der Waals surface area contributed by atoms with Crippen molar-refractivity contribution < 1.29 is 4.74 Å². The molecule has 0 spiro atoms. The van der Waals surface area contributed by atoms with E-state index in [-0.39, 0.29) is 0 Å². The number of hydrogen-bond donors (Lipinski definition) is 0. The molecule has 0 amide bonds. The smallest absolute Gasteiger partial charge is 0.0534 e. The summed E-state index contributed by atoms with van der Waals surface area (Å²) in [5.41, 5.74) is 2.40. The highest BCUT2D eigenvalue weighted by Crippen LogP contribution is 2.59. The molecule has 3 unspecified atom stereocenters. The molecule has 1 nitrogen and oxygen atoms in total. The lowest BCUT2D eigenvalue weighted by atomic mass is 9.55. The van der Waals surface area contributed by atoms with Crippen molar-refractivity contribution in [1.82, 2.24) is 0 Å². The lowest BCUT2D eigenvalue weighted by molar-refractivity contribution is -0.0188. The molecule has 2 bridgehead atoms. The Morgan fingerprint density at radius 3 is 2.37 bits per heavy atom. The molecule has 5 aliphatic carbocycles. The molecule has 150 valence electrons. The van der Waals surface area contributed by atoms with Crippen molar-refractivity contribution in [3.63, 3.8) is 0 Å². The molecule has 0 aliphatic heterocycles. The fourth-order valence-electron chi connectivity index (χ4n) is 7.59. The summed E-state index contributed by atoms with van der Waals surface area (Å²) in [5, 5.41) is 0. The van der Waals surface area contributed by atoms with Crippen molar-refractivity contribution in [3.05, 3.63) is 23.8 Å². The van der Waals surface area contributed by atoms with Gasteiger partial charge in [-0.1, -0.05) is 62.8 Å². The Labute approximate surface area is 167 Å². The standard InChI is InChI=1S/C26H40O/c1-19(26(13-4-5-14-26)23-9-6-10-23)25(18-27-17-20-7-2-3-8-20)24-16-21-11-12-22(24)15-21/h11-12,16,19-23,25H,2-10,13-15,17-18H2,1H3/t19-,21?,22?,25?/m0/s1. The molecule has 5 rings (SSSR count). The molecular weight excluding hydrogens is 328 g/mol. The summed E-state index contributed by atoms with van der Waals surface area (Å²) >= 11 is 0. The summed E-state index contributed by atoms with van der Waals surface area (Å²) in [6.45, 7) is 4.65. The summed E-state index contributed by atoms with van der Waals surface area (Å²) in [5.74, 6) is 4.80. The third-order valence-electron chi connectivity index (χ3n) is 9.47. The molecule has 0 heterocycles. The Balaban J connectivity index is 1.33. The van der Waals surface area contributed by atoms with Crippen molar-refractivity contribution in [1.29, 1.82) is 0 Å². The summed E-state index contributed by atoms with van der Waals surface area (Å²) in [4.78, 5) is 0. The first-order valence-electron chi connectivity index (χ1n) is 12.2. The van der Waals surface area contributed by atoms with Crippen LogP contribution in [0, 0.1) is 40.9 Å². The minimum Gasteiger partial charge on any atom is -0.381 e. The van der Waals surface area contributed by atoms with Crippen LogP contribution in [-0.4, -0.2) is 13.2 Å². The lowest BCUT2D eigenvalue weighted by Crippen LogP contribution is -2.43. The van der Waals surface area contributed by atoms with Gasteiger partial charge in [-0.3, -0.25) is 0 Å². The van der Waals surface area contributed by atoms with Gasteiger partial charge in [0.05, 0.1) is 6.61 Å². The second kappa shape index (κ2) is 7.69. The van der Waals surface area contributed by atoms with Crippen LogP contribution in [0.25, 0.3) is 0 Å². The minimum atomic E-state index is 0.631. The van der Waals surface area contributed by atoms with E-state index in [4.69, 9.17) is 4.74 Å². The highest BCUT2D eigenvalue weighted by Gasteiger charge is 2.50. The average molecular weight is 369 g/mol. The Morgan fingerprint density at radius 2 is 1.78 bits per heavy atom. The fraction of sp³-hybridized carbons (Fsp3) is 0.846. The number of hydrogen-bond acceptors (Lipinski definition) is 1. The highest BCUT2D eigenvalue weighted by atomic mass is 16.5. The molecule has 3 saturated carbocycles. The third-order valence-corrected chi connectivity index (χ3v) is 9.47. The van der Waals surface area contributed by atoms with E-state index in [9.17, 15) is 0 Å². The van der Waals surface area contributed by atoms with Crippen LogP contribution in [0.1, 0.15) is 84.0 Å². The van der Waals surface area contributed by atoms with Gasteiger partial charge in [0.15, 0.2) is 0 Å². The van der Waals surface area contributed by atoms with E-state index < -0.39 is 0 Å². The number of rotatable bonds is 8. The Morgan fingerprint density at radius 1 is 1.00 bits per heavy atom. The van der Waals surface area contributed by atoms with Crippen molar-refractivity contribution in [3.8, 4) is 0 Å². The quantitative estimate of drug-likeness (QED) is 0.422. The Bertz CT molecular complexity index is 571. The zero-order valence-electron chi connectivity index (χ0n) is 17.5. The Kier molecular flexibility index (Phi) is 5.26. The number of fused-ring (bicyclic) bond motifs is 2. The van der Waals surface area contributed by atoms with Gasteiger partial charge >= 0.3 is 0 Å². The predicted molar refractivity (Wildman–Crippen MR) is 112 cm³/mol. The first kappa shape index (κ1) is 18.5. The van der Waals surface area contributed by atoms with Gasteiger partial charge in [-0.2, -0.15) is 0 Å². The molecule has 0 radical (unpaired) electrons. The second-order valence-electron chi connectivity index (χ2n) is 10.7. The van der Waals surface area contributed by atoms with Crippen molar-refractivity contribution >= 4 is 0 Å². The van der Waals surface area contributed by atoms with E-state index in [0.717, 1.165) is 42.8 Å². The number of allylic oxidation sites excluding steroid dienone is 3. The summed E-state index contributed by atoms with van der Waals surface area (Å²) < 4.78 is 6.49. The van der Waals surface area contributed by atoms with Crippen LogP contribution in [0.5, 0.6) is 0 Å². The van der Waals surface area contributed by atoms with Gasteiger partial charge in [0, 0.05) is 12.5 Å². The molecule has 1 heteroatoms. The highest BCUT2D eigenvalue weighted by molar-refractivity contribution is 5.32. The van der Waals surface area contributed by atoms with E-state index in [2.05, 4.69) is 25.2 Å². The molecule has 0 aromatic carbocycles. The molecule has 0 aromatic rings. The number of ether oxygens (including phenoxy) is 1. The minimum absolute atomic E-state index is 0.631. The molecule has 0 saturated heterocycles. The van der Waals surface area contributed by atoms with Gasteiger partial charge in [0.25, 0.3) is 0 Å². The summed E-state index contributed by atoms with van der Waals surface area (Å²) in [6.07, 6.45) is 25.1. The van der Waals surface area contributed by atoms with E-state index in [1.807, 2.05) is 0 Å². The molecule has 5 aliphatic rings. The Hall–Kier alpha value is -0.560. The van der Waals surface area contributed by atoms with E-state index in [1.54, 1.807) is 5.57 Å². The molecule has 0 N–H and O–H groups in total. The van der Waals surface area contributed by atoms with Crippen LogP contribution in [0.4, 0.5) is 0 Å². The van der Waals surface area contributed by atoms with E-state index >= 15 is 0 Å². The normalized spacial score (nSPS) is 34.8. The van der Waals surface area contributed by atoms with E-state index in [0.29, 0.717) is 11.3 Å². The van der Waals surface area contributed by atoms with Crippen molar-refractivity contribution in [2.45, 2.75) is 84.0 Å². The molecule has 0 aromatic heterocycles. The van der Waals surface area contributed by atoms with Crippen LogP contribution in [0.15, 0.2) is 23.8 Å². The largest absolute Gasteiger partial charge is 0.381 e. The predicted octanol–water partition coefficient (Wildman–Crippen LogP) is 6.94. The molecule has 4 atom stereocenters. The van der Waals surface area contributed by atoms with Crippen LogP contribution < -0.4 is 0 Å². The van der Waals surface area contributed by atoms with Gasteiger partial charge in [-0.05, 0) is 80.0 Å².